The molecule has 2 aromatic rings. The molecular weight excluding hydrogens is 364 g/mol. The summed E-state index contributed by atoms with van der Waals surface area (Å²) in [4.78, 5) is 20.1. The SMILES string of the molecule is CC1(C)CC(=O)C2=C(C1)NC1=C(CN=N1)C21CN(Cc2cnc3ccccn23)C1. The van der Waals surface area contributed by atoms with Gasteiger partial charge < -0.3 is 9.72 Å². The van der Waals surface area contributed by atoms with Crippen LogP contribution in [0.3, 0.4) is 0 Å². The fourth-order valence-electron chi connectivity index (χ4n) is 5.58. The first-order chi connectivity index (χ1) is 14.0. The number of hydrogen-bond acceptors (Lipinski definition) is 6. The molecule has 7 heteroatoms. The molecule has 0 aromatic carbocycles. The lowest BCUT2D eigenvalue weighted by atomic mass is 9.60. The Kier molecular flexibility index (Phi) is 3.32. The molecule has 6 rings (SSSR count). The quantitative estimate of drug-likeness (QED) is 0.858. The molecule has 1 spiro atoms. The third-order valence-electron chi connectivity index (χ3n) is 6.75. The summed E-state index contributed by atoms with van der Waals surface area (Å²) in [5.74, 6) is 1.17. The summed E-state index contributed by atoms with van der Waals surface area (Å²) in [5.41, 5.74) is 5.15. The van der Waals surface area contributed by atoms with E-state index < -0.39 is 0 Å². The van der Waals surface area contributed by atoms with E-state index >= 15 is 0 Å². The Bertz CT molecular complexity index is 1150. The zero-order valence-electron chi connectivity index (χ0n) is 16.8. The normalized spacial score (nSPS) is 24.7. The van der Waals surface area contributed by atoms with Crippen LogP contribution < -0.4 is 5.32 Å². The van der Waals surface area contributed by atoms with E-state index in [0.717, 1.165) is 48.8 Å². The van der Waals surface area contributed by atoms with Gasteiger partial charge in [-0.15, -0.1) is 5.11 Å². The van der Waals surface area contributed by atoms with Gasteiger partial charge in [-0.1, -0.05) is 19.9 Å². The number of aromatic nitrogens is 2. The van der Waals surface area contributed by atoms with Crippen molar-refractivity contribution in [3.05, 3.63) is 59.0 Å². The van der Waals surface area contributed by atoms with Crippen molar-refractivity contribution in [1.82, 2.24) is 19.6 Å². The number of allylic oxidation sites excluding steroid dienone is 1. The number of carbonyl (C=O) groups excluding carboxylic acids is 1. The average molecular weight is 388 g/mol. The van der Waals surface area contributed by atoms with Crippen molar-refractivity contribution in [2.45, 2.75) is 33.2 Å². The fourth-order valence-corrected chi connectivity index (χ4v) is 5.58. The maximum absolute atomic E-state index is 13.2. The second-order valence-corrected chi connectivity index (χ2v) is 9.55. The van der Waals surface area contributed by atoms with E-state index in [1.165, 1.54) is 11.3 Å². The van der Waals surface area contributed by atoms with Gasteiger partial charge in [0.05, 0.1) is 23.9 Å². The first-order valence-corrected chi connectivity index (χ1v) is 10.2. The number of dihydropyridines is 1. The van der Waals surface area contributed by atoms with E-state index in [2.05, 4.69) is 49.9 Å². The monoisotopic (exact) mass is 388 g/mol. The van der Waals surface area contributed by atoms with Crippen molar-refractivity contribution in [1.29, 1.82) is 0 Å². The first-order valence-electron chi connectivity index (χ1n) is 10.2. The molecule has 0 saturated carbocycles. The number of rotatable bonds is 2. The van der Waals surface area contributed by atoms with Gasteiger partial charge in [0.25, 0.3) is 0 Å². The molecule has 0 amide bonds. The molecule has 3 aliphatic heterocycles. The number of imidazole rings is 1. The summed E-state index contributed by atoms with van der Waals surface area (Å²) in [5, 5.41) is 12.1. The number of nitrogens with zero attached hydrogens (tertiary/aromatic N) is 5. The van der Waals surface area contributed by atoms with Crippen LogP contribution >= 0.6 is 0 Å². The molecule has 4 aliphatic rings. The molecule has 2 aromatic heterocycles. The number of hydrogen-bond donors (Lipinski definition) is 1. The van der Waals surface area contributed by atoms with E-state index in [4.69, 9.17) is 0 Å². The molecule has 148 valence electrons. The van der Waals surface area contributed by atoms with Crippen molar-refractivity contribution < 1.29 is 4.79 Å². The molecule has 0 atom stereocenters. The van der Waals surface area contributed by atoms with Gasteiger partial charge in [-0.3, -0.25) is 9.69 Å². The predicted octanol–water partition coefficient (Wildman–Crippen LogP) is 3.06. The molecular formula is C22H24N6O. The van der Waals surface area contributed by atoms with Crippen LogP contribution in [0.25, 0.3) is 5.65 Å². The van der Waals surface area contributed by atoms with E-state index in [0.29, 0.717) is 13.0 Å². The Hall–Kier alpha value is -2.80. The highest BCUT2D eigenvalue weighted by atomic mass is 16.1. The summed E-state index contributed by atoms with van der Waals surface area (Å²) in [6.45, 7) is 7.42. The maximum Gasteiger partial charge on any atom is 0.162 e. The minimum absolute atomic E-state index is 0.0160. The highest BCUT2D eigenvalue weighted by Gasteiger charge is 2.57. The topological polar surface area (TPSA) is 74.4 Å². The number of carbonyl (C=O) groups is 1. The van der Waals surface area contributed by atoms with E-state index in [1.807, 2.05) is 24.4 Å². The minimum Gasteiger partial charge on any atom is -0.342 e. The Morgan fingerprint density at radius 2 is 2.07 bits per heavy atom. The van der Waals surface area contributed by atoms with Crippen LogP contribution in [0.5, 0.6) is 0 Å². The molecule has 1 saturated heterocycles. The third kappa shape index (κ3) is 2.40. The van der Waals surface area contributed by atoms with Crippen LogP contribution in [-0.2, 0) is 11.3 Å². The summed E-state index contributed by atoms with van der Waals surface area (Å²) >= 11 is 0. The molecule has 5 heterocycles. The van der Waals surface area contributed by atoms with Gasteiger partial charge in [0.2, 0.25) is 0 Å². The zero-order chi connectivity index (χ0) is 19.8. The van der Waals surface area contributed by atoms with Crippen LogP contribution in [0.15, 0.2) is 63.5 Å². The molecule has 29 heavy (non-hydrogen) atoms. The van der Waals surface area contributed by atoms with Gasteiger partial charge in [0, 0.05) is 49.1 Å². The van der Waals surface area contributed by atoms with Crippen molar-refractivity contribution >= 4 is 11.4 Å². The molecule has 0 bridgehead atoms. The lowest BCUT2D eigenvalue weighted by molar-refractivity contribution is -0.120. The highest BCUT2D eigenvalue weighted by molar-refractivity contribution is 6.00. The Morgan fingerprint density at radius 3 is 2.93 bits per heavy atom. The van der Waals surface area contributed by atoms with Crippen LogP contribution in [-0.4, -0.2) is 39.7 Å². The third-order valence-corrected chi connectivity index (χ3v) is 6.75. The molecule has 1 aliphatic carbocycles. The summed E-state index contributed by atoms with van der Waals surface area (Å²) < 4.78 is 2.14. The Balaban J connectivity index is 1.33. The van der Waals surface area contributed by atoms with Gasteiger partial charge in [0.1, 0.15) is 5.65 Å². The van der Waals surface area contributed by atoms with Gasteiger partial charge in [-0.2, -0.15) is 5.11 Å². The lowest BCUT2D eigenvalue weighted by Crippen LogP contribution is -2.62. The second kappa shape index (κ2) is 5.63. The summed E-state index contributed by atoms with van der Waals surface area (Å²) in [7, 11) is 0. The highest BCUT2D eigenvalue weighted by Crippen LogP contribution is 2.54. The van der Waals surface area contributed by atoms with E-state index in [1.54, 1.807) is 0 Å². The molecule has 7 nitrogen and oxygen atoms in total. The average Bonchev–Trinajstić information content (AvgIpc) is 3.26. The summed E-state index contributed by atoms with van der Waals surface area (Å²) in [6.07, 6.45) is 5.50. The predicted molar refractivity (Wildman–Crippen MR) is 108 cm³/mol. The van der Waals surface area contributed by atoms with Gasteiger partial charge in [-0.25, -0.2) is 4.98 Å². The van der Waals surface area contributed by atoms with Crippen LogP contribution in [0.1, 0.15) is 32.4 Å². The molecule has 1 N–H and O–H groups in total. The Morgan fingerprint density at radius 1 is 1.21 bits per heavy atom. The first kappa shape index (κ1) is 17.1. The number of fused-ring (bicyclic) bond motifs is 3. The summed E-state index contributed by atoms with van der Waals surface area (Å²) in [6, 6.07) is 6.05. The van der Waals surface area contributed by atoms with Gasteiger partial charge in [-0.05, 0) is 24.0 Å². The molecule has 0 radical (unpaired) electrons. The van der Waals surface area contributed by atoms with Gasteiger partial charge in [0.15, 0.2) is 11.6 Å². The van der Waals surface area contributed by atoms with E-state index in [9.17, 15) is 4.79 Å². The largest absolute Gasteiger partial charge is 0.342 e. The Labute approximate surface area is 169 Å². The number of Topliss-reactive ketones (excluding diaryl/α,β-unsaturated/α-hetero) is 1. The van der Waals surface area contributed by atoms with Crippen molar-refractivity contribution in [3.63, 3.8) is 0 Å². The van der Waals surface area contributed by atoms with E-state index in [-0.39, 0.29) is 16.6 Å². The number of azo groups is 1. The minimum atomic E-state index is -0.229. The lowest BCUT2D eigenvalue weighted by Gasteiger charge is -2.55. The maximum atomic E-state index is 13.2. The smallest absolute Gasteiger partial charge is 0.162 e. The van der Waals surface area contributed by atoms with Crippen molar-refractivity contribution in [2.24, 2.45) is 21.1 Å². The van der Waals surface area contributed by atoms with Crippen LogP contribution in [0.4, 0.5) is 0 Å². The second-order valence-electron chi connectivity index (χ2n) is 9.55. The van der Waals surface area contributed by atoms with Crippen LogP contribution in [0.2, 0.25) is 0 Å². The number of nitrogens with one attached hydrogen (secondary N) is 1. The number of ketones is 1. The van der Waals surface area contributed by atoms with Crippen molar-refractivity contribution in [3.8, 4) is 0 Å². The zero-order valence-corrected chi connectivity index (χ0v) is 16.8. The van der Waals surface area contributed by atoms with Crippen LogP contribution in [0, 0.1) is 10.8 Å². The van der Waals surface area contributed by atoms with Gasteiger partial charge >= 0.3 is 0 Å². The van der Waals surface area contributed by atoms with Crippen molar-refractivity contribution in [2.75, 3.05) is 19.6 Å². The molecule has 0 unspecified atom stereocenters. The number of pyridine rings is 1. The fraction of sp³-hybridized carbons (Fsp3) is 0.455. The number of likely N-dealkylation sites (tertiary alicyclic amines) is 1. The standard InChI is InChI=1S/C22H24N6O/c1-21(2)7-16-19(17(29)8-21)22(15-10-24-26-20(15)25-16)12-27(13-22)11-14-9-23-18-5-3-4-6-28(14)18/h3-6,9,25H,7-8,10-13H2,1-2H3. The molecule has 1 fully saturated rings.